The molecule has 7 rings (SSSR count). The fraction of sp³-hybridized carbons (Fsp3) is 0.431. The number of aromatic amines is 1. The van der Waals surface area contributed by atoms with Crippen molar-refractivity contribution in [2.24, 2.45) is 0 Å². The molecule has 5 aromatic rings. The minimum atomic E-state index is -1.94. The number of nitriles is 1. The van der Waals surface area contributed by atoms with Crippen LogP contribution >= 0.6 is 8.53 Å². The van der Waals surface area contributed by atoms with Crippen LogP contribution in [0.25, 0.3) is 0 Å². The summed E-state index contributed by atoms with van der Waals surface area (Å²) >= 11 is 0. The highest BCUT2D eigenvalue weighted by Crippen LogP contribution is 2.52. The molecule has 1 aromatic heterocycles. The van der Waals surface area contributed by atoms with Crippen LogP contribution in [-0.2, 0) is 33.6 Å². The van der Waals surface area contributed by atoms with Crippen molar-refractivity contribution in [3.8, 4) is 17.6 Å². The molecule has 3 heterocycles. The second-order valence-corrected chi connectivity index (χ2v) is 18.6. The van der Waals surface area contributed by atoms with Crippen molar-refractivity contribution in [2.45, 2.75) is 95.0 Å². The normalized spacial score (nSPS) is 19.9. The lowest BCUT2D eigenvalue weighted by atomic mass is 9.80. The van der Waals surface area contributed by atoms with E-state index in [0.717, 1.165) is 16.7 Å². The van der Waals surface area contributed by atoms with Crippen molar-refractivity contribution in [2.75, 3.05) is 52.5 Å². The van der Waals surface area contributed by atoms with Crippen LogP contribution in [0.2, 0.25) is 0 Å². The number of halogens is 1. The lowest BCUT2D eigenvalue weighted by Gasteiger charge is -2.44. The average Bonchev–Trinajstić information content (AvgIpc) is 3.67. The molecular formula is C51H61FN5O10P. The number of ether oxygens (including phenoxy) is 6. The Hall–Kier alpha value is -5.47. The smallest absolute Gasteiger partial charge is 0.330 e. The number of nitrogens with one attached hydrogen (secondary N) is 1. The van der Waals surface area contributed by atoms with Crippen LogP contribution in [0.15, 0.2) is 125 Å². The van der Waals surface area contributed by atoms with Gasteiger partial charge >= 0.3 is 5.69 Å². The largest absolute Gasteiger partial charge is 0.497 e. The van der Waals surface area contributed by atoms with Crippen LogP contribution < -0.4 is 25.6 Å². The molecule has 1 N–H and O–H groups in total. The predicted octanol–water partition coefficient (Wildman–Crippen LogP) is 8.29. The summed E-state index contributed by atoms with van der Waals surface area (Å²) in [4.78, 5) is 30.7. The van der Waals surface area contributed by atoms with Gasteiger partial charge in [0.1, 0.15) is 41.2 Å². The zero-order chi connectivity index (χ0) is 48.4. The zero-order valence-electron chi connectivity index (χ0n) is 39.6. The molecule has 2 aliphatic rings. The first kappa shape index (κ1) is 50.4. The Kier molecular flexibility index (Phi) is 16.9. The highest BCUT2D eigenvalue weighted by molar-refractivity contribution is 7.44. The Bertz CT molecular complexity index is 2490. The van der Waals surface area contributed by atoms with Gasteiger partial charge in [-0.3, -0.25) is 14.3 Å². The first-order chi connectivity index (χ1) is 32.9. The standard InChI is InChI=1S/C51H61FN5O10P/c1-35(2)57(36(3)4)68(64-33-13-29-53)67-46-44(34-63-51(37-14-9-8-10-15-37,38-18-22-40(60-5)23-19-38)39-20-24-41(61-6)25-21-39)65-48(56-30-26-45(58)54-49(56)59)47(46)66-50(62-7)27-31-55(32-28-50)43-17-12-11-16-42(43)52/h8-12,14-26,30,35-36,44,46-48H,13,27-28,31-34H2,1-7H3,(H,54,58,59)/t44-,46-,47-,48-,68?/m1/s1. The zero-order valence-corrected chi connectivity index (χ0v) is 40.5. The third kappa shape index (κ3) is 11.0. The second kappa shape index (κ2) is 22.8. The van der Waals surface area contributed by atoms with Gasteiger partial charge in [-0.2, -0.15) is 5.26 Å². The summed E-state index contributed by atoms with van der Waals surface area (Å²) in [5.41, 5.74) is 0.230. The molecule has 0 saturated carbocycles. The van der Waals surface area contributed by atoms with Gasteiger partial charge in [-0.25, -0.2) is 13.9 Å². The van der Waals surface area contributed by atoms with Crippen LogP contribution in [0.4, 0.5) is 10.1 Å². The lowest BCUT2D eigenvalue weighted by molar-refractivity contribution is -0.275. The molecule has 2 aliphatic heterocycles. The van der Waals surface area contributed by atoms with Crippen LogP contribution in [0.5, 0.6) is 11.5 Å². The van der Waals surface area contributed by atoms with Crippen molar-refractivity contribution in [3.05, 3.63) is 159 Å². The minimum Gasteiger partial charge on any atom is -0.497 e. The molecule has 17 heteroatoms. The maximum atomic E-state index is 15.1. The number of benzene rings is 4. The number of nitrogens with zero attached hydrogens (tertiary/aromatic N) is 4. The summed E-state index contributed by atoms with van der Waals surface area (Å²) in [6, 6.07) is 35.0. The Labute approximate surface area is 398 Å². The van der Waals surface area contributed by atoms with Gasteiger partial charge in [-0.1, -0.05) is 66.7 Å². The molecule has 4 aromatic carbocycles. The number of hydrogen-bond acceptors (Lipinski definition) is 13. The molecule has 0 amide bonds. The van der Waals surface area contributed by atoms with E-state index in [4.69, 9.17) is 37.5 Å². The van der Waals surface area contributed by atoms with Gasteiger partial charge in [0.25, 0.3) is 14.1 Å². The number of piperidine rings is 1. The van der Waals surface area contributed by atoms with E-state index in [1.807, 2.05) is 111 Å². The van der Waals surface area contributed by atoms with E-state index >= 15 is 4.39 Å². The highest BCUT2D eigenvalue weighted by atomic mass is 31.2. The molecule has 15 nitrogen and oxygen atoms in total. The molecule has 68 heavy (non-hydrogen) atoms. The molecule has 2 fully saturated rings. The molecule has 0 aliphatic carbocycles. The van der Waals surface area contributed by atoms with E-state index in [-0.39, 0.29) is 37.5 Å². The maximum Gasteiger partial charge on any atom is 0.330 e. The summed E-state index contributed by atoms with van der Waals surface area (Å²) in [6.45, 7) is 8.85. The molecule has 0 spiro atoms. The number of methoxy groups -OCH3 is 3. The van der Waals surface area contributed by atoms with E-state index in [1.54, 1.807) is 39.5 Å². The molecule has 0 bridgehead atoms. The molecule has 2 saturated heterocycles. The van der Waals surface area contributed by atoms with Crippen molar-refractivity contribution in [3.63, 3.8) is 0 Å². The maximum absolute atomic E-state index is 15.1. The van der Waals surface area contributed by atoms with Gasteiger partial charge in [0.2, 0.25) is 0 Å². The summed E-state index contributed by atoms with van der Waals surface area (Å²) in [5.74, 6) is -0.290. The van der Waals surface area contributed by atoms with Gasteiger partial charge in [-0.05, 0) is 80.8 Å². The fourth-order valence-corrected chi connectivity index (χ4v) is 10.8. The SMILES string of the molecule is COc1ccc(C(OC[C@H]2O[C@@H](n3ccc(=O)[nH]c3=O)[C@H](OC3(OC)CCN(c4ccccc4F)CC3)[C@@H]2OP(OCCC#N)N(C(C)C)C(C)C)(c2ccccc2)c2ccc(OC)cc2)cc1. The van der Waals surface area contributed by atoms with Gasteiger partial charge in [0.15, 0.2) is 12.0 Å². The highest BCUT2D eigenvalue weighted by Gasteiger charge is 2.55. The molecular weight excluding hydrogens is 893 g/mol. The fourth-order valence-electron chi connectivity index (χ4n) is 9.04. The Morgan fingerprint density at radius 1 is 0.838 bits per heavy atom. The third-order valence-corrected chi connectivity index (χ3v) is 14.5. The Morgan fingerprint density at radius 2 is 1.43 bits per heavy atom. The average molecular weight is 954 g/mol. The van der Waals surface area contributed by atoms with Crippen molar-refractivity contribution in [1.29, 1.82) is 5.26 Å². The first-order valence-corrected chi connectivity index (χ1v) is 23.9. The lowest BCUT2D eigenvalue weighted by Crippen LogP contribution is -2.53. The van der Waals surface area contributed by atoms with Crippen LogP contribution in [0.3, 0.4) is 0 Å². The number of rotatable bonds is 21. The number of hydrogen-bond donors (Lipinski definition) is 1. The van der Waals surface area contributed by atoms with Crippen molar-refractivity contribution in [1.82, 2.24) is 14.2 Å². The monoisotopic (exact) mass is 953 g/mol. The van der Waals surface area contributed by atoms with E-state index in [9.17, 15) is 14.9 Å². The van der Waals surface area contributed by atoms with Crippen molar-refractivity contribution >= 4 is 14.2 Å². The quantitative estimate of drug-likeness (QED) is 0.0325. The van der Waals surface area contributed by atoms with E-state index in [2.05, 4.69) is 15.7 Å². The summed E-state index contributed by atoms with van der Waals surface area (Å²) < 4.78 is 71.3. The Morgan fingerprint density at radius 3 is 1.97 bits per heavy atom. The molecule has 0 radical (unpaired) electrons. The van der Waals surface area contributed by atoms with Crippen LogP contribution in [0, 0.1) is 17.1 Å². The third-order valence-electron chi connectivity index (χ3n) is 12.4. The summed E-state index contributed by atoms with van der Waals surface area (Å²) in [6.07, 6.45) is -2.24. The number of para-hydroxylation sites is 1. The summed E-state index contributed by atoms with van der Waals surface area (Å²) in [7, 11) is 2.83. The van der Waals surface area contributed by atoms with E-state index in [1.165, 1.54) is 22.9 Å². The van der Waals surface area contributed by atoms with Crippen LogP contribution in [-0.4, -0.2) is 98.0 Å². The van der Waals surface area contributed by atoms with Crippen LogP contribution in [0.1, 0.15) is 69.9 Å². The topological polar surface area (TPSA) is 159 Å². The van der Waals surface area contributed by atoms with Gasteiger partial charge < -0.3 is 42.4 Å². The van der Waals surface area contributed by atoms with E-state index in [0.29, 0.717) is 43.1 Å². The minimum absolute atomic E-state index is 0.0684. The predicted molar refractivity (Wildman–Crippen MR) is 256 cm³/mol. The number of H-pyrrole nitrogens is 1. The summed E-state index contributed by atoms with van der Waals surface area (Å²) in [5, 5.41) is 9.60. The molecule has 362 valence electrons. The number of aromatic nitrogens is 2. The first-order valence-electron chi connectivity index (χ1n) is 22.8. The van der Waals surface area contributed by atoms with Gasteiger partial charge in [0, 0.05) is 57.4 Å². The van der Waals surface area contributed by atoms with E-state index < -0.39 is 55.7 Å². The Balaban J connectivity index is 1.37. The molecule has 5 atom stereocenters. The number of anilines is 1. The van der Waals surface area contributed by atoms with Gasteiger partial charge in [-0.15, -0.1) is 0 Å². The second-order valence-electron chi connectivity index (χ2n) is 17.2. The molecule has 1 unspecified atom stereocenters. The van der Waals surface area contributed by atoms with Crippen molar-refractivity contribution < 1.29 is 41.9 Å². The van der Waals surface area contributed by atoms with Gasteiger partial charge in [0.05, 0.1) is 45.6 Å².